The minimum absolute atomic E-state index is 0.00662. The van der Waals surface area contributed by atoms with E-state index >= 15 is 4.39 Å². The van der Waals surface area contributed by atoms with Crippen LogP contribution in [0, 0.1) is 24.0 Å². The highest BCUT2D eigenvalue weighted by Crippen LogP contribution is 2.46. The first-order valence-corrected chi connectivity index (χ1v) is 16.4. The minimum Gasteiger partial charge on any atom is -0.472 e. The molecule has 5 aliphatic heterocycles. The molecule has 2 bridgehead atoms. The van der Waals surface area contributed by atoms with E-state index in [1.54, 1.807) is 24.3 Å². The Kier molecular flexibility index (Phi) is 6.47. The second-order valence-corrected chi connectivity index (χ2v) is 13.4. The zero-order valence-corrected chi connectivity index (χ0v) is 25.9. The Morgan fingerprint density at radius 1 is 1.15 bits per heavy atom. The van der Waals surface area contributed by atoms with Gasteiger partial charge in [0.2, 0.25) is 5.88 Å². The molecule has 4 fully saturated rings. The van der Waals surface area contributed by atoms with Gasteiger partial charge in [0.1, 0.15) is 40.9 Å². The maximum atomic E-state index is 17.1. The SMILES string of the molecule is C#Cc1c(F)ccc2cccc(-c3nc4c5c(nc(OCC67CCCN6CCC7=CF)nc5c3F)N3C[C@H]5CC[C@H](N5)[C@H]3[C@H](C)O4)c12. The van der Waals surface area contributed by atoms with Crippen LogP contribution in [-0.2, 0) is 0 Å². The molecule has 5 aliphatic rings. The molecule has 240 valence electrons. The number of nitrogens with one attached hydrogen (secondary N) is 1. The molecule has 2 aromatic carbocycles. The zero-order valence-electron chi connectivity index (χ0n) is 25.9. The lowest BCUT2D eigenvalue weighted by Gasteiger charge is -2.42. The number of rotatable bonds is 4. The maximum Gasteiger partial charge on any atom is 0.319 e. The fourth-order valence-corrected chi connectivity index (χ4v) is 8.93. The molecule has 47 heavy (non-hydrogen) atoms. The molecular formula is C36H33F3N6O2. The van der Waals surface area contributed by atoms with Crippen molar-refractivity contribution >= 4 is 27.5 Å². The molecule has 1 N–H and O–H groups in total. The summed E-state index contributed by atoms with van der Waals surface area (Å²) >= 11 is 0. The van der Waals surface area contributed by atoms with E-state index in [1.165, 1.54) is 6.07 Å². The van der Waals surface area contributed by atoms with E-state index in [-0.39, 0.29) is 59.5 Å². The summed E-state index contributed by atoms with van der Waals surface area (Å²) in [6.45, 7) is 4.43. The van der Waals surface area contributed by atoms with Crippen molar-refractivity contribution < 1.29 is 22.6 Å². The normalized spacial score (nSPS) is 28.7. The number of pyridine rings is 1. The van der Waals surface area contributed by atoms with E-state index in [2.05, 4.69) is 26.0 Å². The Balaban J connectivity index is 1.26. The van der Waals surface area contributed by atoms with Crippen molar-refractivity contribution in [1.29, 1.82) is 0 Å². The Hall–Kier alpha value is -4.40. The van der Waals surface area contributed by atoms with Gasteiger partial charge in [-0.05, 0) is 62.6 Å². The lowest BCUT2D eigenvalue weighted by Crippen LogP contribution is -2.62. The van der Waals surface area contributed by atoms with E-state index in [0.717, 1.165) is 38.8 Å². The van der Waals surface area contributed by atoms with Gasteiger partial charge in [-0.3, -0.25) is 4.90 Å². The van der Waals surface area contributed by atoms with Crippen molar-refractivity contribution in [3.63, 3.8) is 0 Å². The summed E-state index contributed by atoms with van der Waals surface area (Å²) < 4.78 is 59.1. The van der Waals surface area contributed by atoms with Gasteiger partial charge in [0, 0.05) is 36.1 Å². The van der Waals surface area contributed by atoms with Gasteiger partial charge in [-0.2, -0.15) is 9.97 Å². The summed E-state index contributed by atoms with van der Waals surface area (Å²) in [6, 6.07) is 8.48. The molecule has 1 unspecified atom stereocenters. The van der Waals surface area contributed by atoms with Crippen LogP contribution in [-0.4, -0.2) is 75.9 Å². The molecule has 9 rings (SSSR count). The second-order valence-electron chi connectivity index (χ2n) is 13.4. The Morgan fingerprint density at radius 2 is 2.04 bits per heavy atom. The number of aromatic nitrogens is 3. The highest BCUT2D eigenvalue weighted by molar-refractivity contribution is 6.03. The second kappa shape index (κ2) is 10.6. The van der Waals surface area contributed by atoms with Gasteiger partial charge in [0.15, 0.2) is 5.82 Å². The van der Waals surface area contributed by atoms with Crippen LogP contribution in [0.5, 0.6) is 11.9 Å². The standard InChI is InChI=1S/C36H33F3N6O2/c1-3-23-25(38)10-8-20-6-4-7-24(27(20)23)30-29(39)31-28-33(45-17-22-9-11-26(40-22)32(45)19(2)47-34(28)41-30)43-35(42-31)46-18-36-13-5-14-44(36)15-12-21(36)16-37/h1,4,6-8,10,16,19,22,26,32,40H,5,9,11-15,17-18H2,2H3/t19-,22+,26-,32+,36?/m0/s1. The number of halogens is 3. The lowest BCUT2D eigenvalue weighted by molar-refractivity contribution is 0.129. The fraction of sp³-hybridized carbons (Fsp3) is 0.417. The van der Waals surface area contributed by atoms with Crippen molar-refractivity contribution in [3.05, 3.63) is 59.4 Å². The monoisotopic (exact) mass is 638 g/mol. The number of anilines is 1. The maximum absolute atomic E-state index is 17.1. The molecule has 2 aromatic heterocycles. The summed E-state index contributed by atoms with van der Waals surface area (Å²) in [4.78, 5) is 18.8. The molecule has 11 heteroatoms. The molecule has 0 radical (unpaired) electrons. The number of ether oxygens (including phenoxy) is 2. The smallest absolute Gasteiger partial charge is 0.319 e. The first kappa shape index (κ1) is 28.8. The van der Waals surface area contributed by atoms with Gasteiger partial charge in [-0.1, -0.05) is 30.2 Å². The van der Waals surface area contributed by atoms with Crippen LogP contribution in [0.4, 0.5) is 19.0 Å². The molecular weight excluding hydrogens is 605 g/mol. The van der Waals surface area contributed by atoms with Gasteiger partial charge in [0.05, 0.1) is 23.5 Å². The minimum atomic E-state index is -0.712. The number of hydrogen-bond donors (Lipinski definition) is 1. The highest BCUT2D eigenvalue weighted by Gasteiger charge is 2.50. The molecule has 4 saturated heterocycles. The van der Waals surface area contributed by atoms with Crippen molar-refractivity contribution in [2.24, 2.45) is 0 Å². The first-order chi connectivity index (χ1) is 22.9. The Bertz CT molecular complexity index is 2050. The van der Waals surface area contributed by atoms with Crippen LogP contribution in [0.15, 0.2) is 42.2 Å². The molecule has 8 nitrogen and oxygen atoms in total. The van der Waals surface area contributed by atoms with E-state index < -0.39 is 17.2 Å². The lowest BCUT2D eigenvalue weighted by atomic mass is 9.90. The van der Waals surface area contributed by atoms with Crippen LogP contribution in [0.1, 0.15) is 44.6 Å². The average Bonchev–Trinajstić information content (AvgIpc) is 3.75. The van der Waals surface area contributed by atoms with Gasteiger partial charge in [0.25, 0.3) is 0 Å². The number of benzene rings is 2. The predicted octanol–water partition coefficient (Wildman–Crippen LogP) is 5.67. The fourth-order valence-electron chi connectivity index (χ4n) is 8.93. The van der Waals surface area contributed by atoms with Crippen LogP contribution in [0.2, 0.25) is 0 Å². The van der Waals surface area contributed by atoms with Gasteiger partial charge < -0.3 is 19.7 Å². The molecule has 0 saturated carbocycles. The van der Waals surface area contributed by atoms with E-state index in [4.69, 9.17) is 25.9 Å². The van der Waals surface area contributed by atoms with Crippen LogP contribution in [0.3, 0.4) is 0 Å². The number of nitrogens with zero attached hydrogens (tertiary/aromatic N) is 5. The summed E-state index contributed by atoms with van der Waals surface area (Å²) in [5.41, 5.74) is 0.439. The number of fused-ring (bicyclic) bond motifs is 7. The van der Waals surface area contributed by atoms with E-state index in [0.29, 0.717) is 52.4 Å². The predicted molar refractivity (Wildman–Crippen MR) is 172 cm³/mol. The largest absolute Gasteiger partial charge is 0.472 e. The van der Waals surface area contributed by atoms with Crippen LogP contribution < -0.4 is 19.7 Å². The third kappa shape index (κ3) is 4.14. The van der Waals surface area contributed by atoms with Gasteiger partial charge in [-0.25, -0.2) is 18.2 Å². The number of terminal acetylenes is 1. The summed E-state index contributed by atoms with van der Waals surface area (Å²) in [6.07, 6.45) is 10.5. The summed E-state index contributed by atoms with van der Waals surface area (Å²) in [7, 11) is 0. The van der Waals surface area contributed by atoms with Crippen LogP contribution in [0.25, 0.3) is 32.9 Å². The molecule has 0 amide bonds. The van der Waals surface area contributed by atoms with E-state index in [1.807, 2.05) is 6.92 Å². The van der Waals surface area contributed by atoms with Gasteiger partial charge in [-0.15, -0.1) is 6.42 Å². The molecule has 5 atom stereocenters. The molecule has 0 spiro atoms. The van der Waals surface area contributed by atoms with Crippen molar-refractivity contribution in [2.75, 3.05) is 31.1 Å². The van der Waals surface area contributed by atoms with E-state index in [9.17, 15) is 8.78 Å². The number of hydrogen-bond acceptors (Lipinski definition) is 8. The summed E-state index contributed by atoms with van der Waals surface area (Å²) in [5, 5.41) is 5.11. The van der Waals surface area contributed by atoms with Gasteiger partial charge >= 0.3 is 6.01 Å². The Morgan fingerprint density at radius 3 is 2.89 bits per heavy atom. The third-order valence-electron chi connectivity index (χ3n) is 11.1. The van der Waals surface area contributed by atoms with Crippen molar-refractivity contribution in [2.45, 2.75) is 68.8 Å². The zero-order chi connectivity index (χ0) is 32.0. The molecule has 4 aromatic rings. The van der Waals surface area contributed by atoms with Crippen molar-refractivity contribution in [1.82, 2.24) is 25.2 Å². The third-order valence-corrected chi connectivity index (χ3v) is 11.1. The quantitative estimate of drug-likeness (QED) is 0.287. The van der Waals surface area contributed by atoms with Crippen LogP contribution >= 0.6 is 0 Å². The molecule has 7 heterocycles. The Labute approximate surface area is 270 Å². The molecule has 0 aliphatic carbocycles. The average molecular weight is 639 g/mol. The highest BCUT2D eigenvalue weighted by atomic mass is 19.1. The number of piperazine rings is 1. The topological polar surface area (TPSA) is 75.6 Å². The first-order valence-electron chi connectivity index (χ1n) is 16.4. The summed E-state index contributed by atoms with van der Waals surface area (Å²) in [5.74, 6) is 1.86. The van der Waals surface area contributed by atoms with Crippen molar-refractivity contribution in [3.8, 4) is 35.5 Å².